The molecule has 1 heterocycles. The second kappa shape index (κ2) is 7.64. The molecule has 0 radical (unpaired) electrons. The maximum Gasteiger partial charge on any atom is 0.264 e. The van der Waals surface area contributed by atoms with Crippen molar-refractivity contribution >= 4 is 22.4 Å². The number of carbonyl (C=O) groups is 1. The summed E-state index contributed by atoms with van der Waals surface area (Å²) in [6.07, 6.45) is 0.967. The molecular formula is C15H18N2O3S. The van der Waals surface area contributed by atoms with E-state index in [1.54, 1.807) is 12.1 Å². The summed E-state index contributed by atoms with van der Waals surface area (Å²) in [5.41, 5.74) is 0.888. The molecule has 1 aromatic carbocycles. The van der Waals surface area contributed by atoms with Crippen molar-refractivity contribution in [1.29, 1.82) is 0 Å². The van der Waals surface area contributed by atoms with E-state index in [0.717, 1.165) is 17.9 Å². The zero-order valence-electron chi connectivity index (χ0n) is 12.1. The van der Waals surface area contributed by atoms with Gasteiger partial charge >= 0.3 is 0 Å². The molecule has 1 aromatic heterocycles. The molecule has 0 saturated heterocycles. The Hall–Kier alpha value is -2.08. The van der Waals surface area contributed by atoms with Crippen LogP contribution in [0.1, 0.15) is 19.0 Å². The summed E-state index contributed by atoms with van der Waals surface area (Å²) in [4.78, 5) is 15.9. The number of thiazole rings is 1. The van der Waals surface area contributed by atoms with E-state index in [1.165, 1.54) is 11.3 Å². The molecule has 6 heteroatoms. The van der Waals surface area contributed by atoms with Gasteiger partial charge in [0, 0.05) is 5.38 Å². The normalized spacial score (nSPS) is 10.2. The summed E-state index contributed by atoms with van der Waals surface area (Å²) in [5.74, 6) is 1.20. The first kappa shape index (κ1) is 15.3. The van der Waals surface area contributed by atoms with E-state index < -0.39 is 0 Å². The number of aryl methyl sites for hydroxylation is 1. The maximum atomic E-state index is 11.7. The van der Waals surface area contributed by atoms with Gasteiger partial charge in [-0.1, -0.05) is 6.92 Å². The van der Waals surface area contributed by atoms with Crippen molar-refractivity contribution in [2.45, 2.75) is 20.3 Å². The summed E-state index contributed by atoms with van der Waals surface area (Å²) in [6, 6.07) is 7.22. The van der Waals surface area contributed by atoms with Crippen LogP contribution in [0.5, 0.6) is 11.5 Å². The van der Waals surface area contributed by atoms with E-state index in [1.807, 2.05) is 24.4 Å². The maximum absolute atomic E-state index is 11.7. The second-order valence-electron chi connectivity index (χ2n) is 4.45. The Morgan fingerprint density at radius 3 is 2.48 bits per heavy atom. The second-order valence-corrected chi connectivity index (χ2v) is 5.31. The van der Waals surface area contributed by atoms with Gasteiger partial charge in [-0.2, -0.15) is 0 Å². The molecule has 112 valence electrons. The van der Waals surface area contributed by atoms with Gasteiger partial charge in [-0.3, -0.25) is 10.1 Å². The van der Waals surface area contributed by atoms with E-state index >= 15 is 0 Å². The van der Waals surface area contributed by atoms with Crippen LogP contribution in [-0.4, -0.2) is 24.1 Å². The number of nitrogens with zero attached hydrogens (tertiary/aromatic N) is 1. The van der Waals surface area contributed by atoms with Gasteiger partial charge in [0.2, 0.25) is 0 Å². The lowest BCUT2D eigenvalue weighted by Gasteiger charge is -2.07. The van der Waals surface area contributed by atoms with Crippen LogP contribution in [0.15, 0.2) is 29.6 Å². The van der Waals surface area contributed by atoms with Gasteiger partial charge in [0.25, 0.3) is 5.91 Å². The fraction of sp³-hybridized carbons (Fsp3) is 0.333. The van der Waals surface area contributed by atoms with Crippen LogP contribution in [0.3, 0.4) is 0 Å². The molecule has 5 nitrogen and oxygen atoms in total. The average Bonchev–Trinajstić information content (AvgIpc) is 2.89. The van der Waals surface area contributed by atoms with Crippen molar-refractivity contribution in [3.63, 3.8) is 0 Å². The van der Waals surface area contributed by atoms with Crippen LogP contribution >= 0.6 is 11.3 Å². The van der Waals surface area contributed by atoms with Crippen molar-refractivity contribution in [2.24, 2.45) is 0 Å². The first-order valence-corrected chi connectivity index (χ1v) is 7.63. The van der Waals surface area contributed by atoms with Gasteiger partial charge in [-0.05, 0) is 37.6 Å². The number of carbonyl (C=O) groups excluding carboxylic acids is 1. The molecule has 2 aromatic rings. The van der Waals surface area contributed by atoms with Gasteiger partial charge in [0.15, 0.2) is 11.7 Å². The highest BCUT2D eigenvalue weighted by molar-refractivity contribution is 7.13. The van der Waals surface area contributed by atoms with Crippen LogP contribution in [0.25, 0.3) is 0 Å². The molecule has 1 amide bonds. The number of ether oxygens (including phenoxy) is 2. The molecule has 0 aliphatic carbocycles. The smallest absolute Gasteiger partial charge is 0.264 e. The Kier molecular flexibility index (Phi) is 5.57. The number of anilines is 1. The lowest BCUT2D eigenvalue weighted by molar-refractivity contribution is -0.118. The largest absolute Gasteiger partial charge is 0.494 e. The van der Waals surface area contributed by atoms with Crippen LogP contribution in [0.2, 0.25) is 0 Å². The Bertz CT molecular complexity index is 581. The Morgan fingerprint density at radius 1 is 1.24 bits per heavy atom. The van der Waals surface area contributed by atoms with E-state index in [0.29, 0.717) is 17.5 Å². The van der Waals surface area contributed by atoms with Crippen molar-refractivity contribution < 1.29 is 14.3 Å². The zero-order chi connectivity index (χ0) is 15.1. The minimum absolute atomic E-state index is 0.0478. The van der Waals surface area contributed by atoms with Crippen molar-refractivity contribution in [1.82, 2.24) is 4.98 Å². The molecule has 0 spiro atoms. The predicted octanol–water partition coefficient (Wildman–Crippen LogP) is 3.26. The van der Waals surface area contributed by atoms with Crippen molar-refractivity contribution in [2.75, 3.05) is 18.5 Å². The monoisotopic (exact) mass is 306 g/mol. The standard InChI is InChI=1S/C15H18N2O3S/c1-3-8-19-12-4-6-13(7-5-12)20-9-14(18)17-15-16-11(2)10-21-15/h4-7,10H,3,8-9H2,1-2H3,(H,16,17,18). The molecular weight excluding hydrogens is 288 g/mol. The molecule has 0 fully saturated rings. The number of rotatable bonds is 7. The molecule has 0 unspecified atom stereocenters. The molecule has 2 rings (SSSR count). The molecule has 0 bridgehead atoms. The van der Waals surface area contributed by atoms with E-state index in [9.17, 15) is 4.79 Å². The molecule has 0 atom stereocenters. The quantitative estimate of drug-likeness (QED) is 0.853. The van der Waals surface area contributed by atoms with Gasteiger partial charge in [-0.25, -0.2) is 4.98 Å². The number of hydrogen-bond donors (Lipinski definition) is 1. The summed E-state index contributed by atoms with van der Waals surface area (Å²) in [5, 5.41) is 5.16. The lowest BCUT2D eigenvalue weighted by Crippen LogP contribution is -2.20. The van der Waals surface area contributed by atoms with Crippen LogP contribution < -0.4 is 14.8 Å². The molecule has 0 aliphatic rings. The summed E-state index contributed by atoms with van der Waals surface area (Å²) in [6.45, 7) is 4.58. The van der Waals surface area contributed by atoms with Crippen molar-refractivity contribution in [3.05, 3.63) is 35.3 Å². The SMILES string of the molecule is CCCOc1ccc(OCC(=O)Nc2nc(C)cs2)cc1. The van der Waals surface area contributed by atoms with Crippen LogP contribution in [0.4, 0.5) is 5.13 Å². The average molecular weight is 306 g/mol. The molecule has 21 heavy (non-hydrogen) atoms. The van der Waals surface area contributed by atoms with E-state index in [2.05, 4.69) is 17.2 Å². The highest BCUT2D eigenvalue weighted by Gasteiger charge is 2.06. The summed E-state index contributed by atoms with van der Waals surface area (Å²) >= 11 is 1.39. The van der Waals surface area contributed by atoms with Crippen LogP contribution in [-0.2, 0) is 4.79 Å². The number of aromatic nitrogens is 1. The Morgan fingerprint density at radius 2 is 1.90 bits per heavy atom. The molecule has 0 aliphatic heterocycles. The predicted molar refractivity (Wildman–Crippen MR) is 83.2 cm³/mol. The summed E-state index contributed by atoms with van der Waals surface area (Å²) < 4.78 is 10.9. The number of amides is 1. The van der Waals surface area contributed by atoms with E-state index in [4.69, 9.17) is 9.47 Å². The molecule has 1 N–H and O–H groups in total. The third kappa shape index (κ3) is 5.07. The van der Waals surface area contributed by atoms with Crippen molar-refractivity contribution in [3.8, 4) is 11.5 Å². The third-order valence-electron chi connectivity index (χ3n) is 2.53. The Labute approximate surface area is 127 Å². The fourth-order valence-electron chi connectivity index (χ4n) is 1.57. The van der Waals surface area contributed by atoms with Gasteiger partial charge < -0.3 is 9.47 Å². The van der Waals surface area contributed by atoms with Gasteiger partial charge in [0.05, 0.1) is 12.3 Å². The number of hydrogen-bond acceptors (Lipinski definition) is 5. The number of benzene rings is 1. The number of nitrogens with one attached hydrogen (secondary N) is 1. The van der Waals surface area contributed by atoms with Crippen LogP contribution in [0, 0.1) is 6.92 Å². The minimum Gasteiger partial charge on any atom is -0.494 e. The fourth-order valence-corrected chi connectivity index (χ4v) is 2.27. The zero-order valence-corrected chi connectivity index (χ0v) is 12.9. The third-order valence-corrected chi connectivity index (χ3v) is 3.41. The highest BCUT2D eigenvalue weighted by atomic mass is 32.1. The first-order chi connectivity index (χ1) is 10.2. The molecule has 0 saturated carbocycles. The summed E-state index contributed by atoms with van der Waals surface area (Å²) in [7, 11) is 0. The minimum atomic E-state index is -0.226. The first-order valence-electron chi connectivity index (χ1n) is 6.75. The van der Waals surface area contributed by atoms with Gasteiger partial charge in [0.1, 0.15) is 11.5 Å². The highest BCUT2D eigenvalue weighted by Crippen LogP contribution is 2.18. The topological polar surface area (TPSA) is 60.5 Å². The van der Waals surface area contributed by atoms with E-state index in [-0.39, 0.29) is 12.5 Å². The lowest BCUT2D eigenvalue weighted by atomic mass is 10.3. The Balaban J connectivity index is 1.78. The van der Waals surface area contributed by atoms with Gasteiger partial charge in [-0.15, -0.1) is 11.3 Å².